The Morgan fingerprint density at radius 3 is 2.80 bits per heavy atom. The van der Waals surface area contributed by atoms with E-state index in [1.165, 1.54) is 5.56 Å². The van der Waals surface area contributed by atoms with Gasteiger partial charge in [0.25, 0.3) is 0 Å². The summed E-state index contributed by atoms with van der Waals surface area (Å²) in [5.74, 6) is -0.0384. The second-order valence-electron chi connectivity index (χ2n) is 3.24. The van der Waals surface area contributed by atoms with Gasteiger partial charge in [-0.15, -0.1) is 0 Å². The van der Waals surface area contributed by atoms with Gasteiger partial charge < -0.3 is 0 Å². The second kappa shape index (κ2) is 6.76. The number of carbonyl (C=O) groups excluding carboxylic acids is 1. The minimum atomic E-state index is -0.0384. The summed E-state index contributed by atoms with van der Waals surface area (Å²) in [6.07, 6.45) is 3.75. The van der Waals surface area contributed by atoms with Gasteiger partial charge in [0, 0.05) is 12.6 Å². The number of hydrazone groups is 1. The van der Waals surface area contributed by atoms with Crippen LogP contribution in [0.5, 0.6) is 0 Å². The minimum absolute atomic E-state index is 0.0384. The number of benzene rings is 1. The van der Waals surface area contributed by atoms with Crippen LogP contribution in [0.15, 0.2) is 35.4 Å². The molecular weight excluding hydrogens is 188 g/mol. The lowest BCUT2D eigenvalue weighted by molar-refractivity contribution is -0.121. The molecule has 0 heterocycles. The predicted molar refractivity (Wildman–Crippen MR) is 61.7 cm³/mol. The molecular formula is C12H16N2O. The average molecular weight is 204 g/mol. The molecule has 0 fully saturated rings. The lowest BCUT2D eigenvalue weighted by Crippen LogP contribution is -2.17. The van der Waals surface area contributed by atoms with E-state index in [4.69, 9.17) is 0 Å². The Labute approximate surface area is 90.2 Å². The van der Waals surface area contributed by atoms with E-state index in [1.54, 1.807) is 6.21 Å². The third-order valence-corrected chi connectivity index (χ3v) is 1.95. The molecule has 0 unspecified atom stereocenters. The zero-order valence-electron chi connectivity index (χ0n) is 8.94. The first-order valence-corrected chi connectivity index (χ1v) is 5.17. The number of amides is 1. The lowest BCUT2D eigenvalue weighted by atomic mass is 10.1. The molecule has 1 N–H and O–H groups in total. The fraction of sp³-hybridized carbons (Fsp3) is 0.333. The van der Waals surface area contributed by atoms with Crippen LogP contribution in [0.4, 0.5) is 0 Å². The minimum Gasteiger partial charge on any atom is -0.273 e. The van der Waals surface area contributed by atoms with Crippen molar-refractivity contribution in [3.63, 3.8) is 0 Å². The molecule has 0 saturated carbocycles. The first-order chi connectivity index (χ1) is 7.33. The highest BCUT2D eigenvalue weighted by molar-refractivity contribution is 5.76. The summed E-state index contributed by atoms with van der Waals surface area (Å²) in [5, 5.41) is 3.78. The molecule has 80 valence electrons. The van der Waals surface area contributed by atoms with E-state index >= 15 is 0 Å². The van der Waals surface area contributed by atoms with Gasteiger partial charge in [-0.2, -0.15) is 5.10 Å². The van der Waals surface area contributed by atoms with Crippen molar-refractivity contribution in [1.82, 2.24) is 5.43 Å². The number of hydrogen-bond acceptors (Lipinski definition) is 2. The fourth-order valence-corrected chi connectivity index (χ4v) is 1.17. The van der Waals surface area contributed by atoms with E-state index < -0.39 is 0 Å². The van der Waals surface area contributed by atoms with Crippen LogP contribution in [-0.4, -0.2) is 12.1 Å². The Morgan fingerprint density at radius 1 is 1.40 bits per heavy atom. The Hall–Kier alpha value is -1.64. The van der Waals surface area contributed by atoms with Crippen molar-refractivity contribution in [3.8, 4) is 0 Å². The van der Waals surface area contributed by atoms with E-state index in [2.05, 4.69) is 10.5 Å². The molecule has 0 atom stereocenters. The van der Waals surface area contributed by atoms with Gasteiger partial charge in [-0.05, 0) is 18.4 Å². The Balaban J connectivity index is 2.26. The standard InChI is InChI=1S/C12H16N2O/c1-2-10-13-14-12(15)9-8-11-6-4-3-5-7-11/h3-7,10H,2,8-9H2,1H3,(H,14,15). The van der Waals surface area contributed by atoms with Crippen LogP contribution in [0.1, 0.15) is 25.3 Å². The first-order valence-electron chi connectivity index (χ1n) is 5.17. The Kier molecular flexibility index (Phi) is 5.15. The van der Waals surface area contributed by atoms with E-state index in [1.807, 2.05) is 37.3 Å². The van der Waals surface area contributed by atoms with E-state index in [0.717, 1.165) is 12.8 Å². The lowest BCUT2D eigenvalue weighted by Gasteiger charge is -2.00. The third-order valence-electron chi connectivity index (χ3n) is 1.95. The molecule has 1 rings (SSSR count). The SMILES string of the molecule is CCC=NNC(=O)CCc1ccccc1. The van der Waals surface area contributed by atoms with Crippen molar-refractivity contribution in [1.29, 1.82) is 0 Å². The maximum Gasteiger partial charge on any atom is 0.240 e. The Bertz CT molecular complexity index is 320. The van der Waals surface area contributed by atoms with Crippen molar-refractivity contribution in [2.75, 3.05) is 0 Å². The van der Waals surface area contributed by atoms with Crippen molar-refractivity contribution in [3.05, 3.63) is 35.9 Å². The molecule has 3 nitrogen and oxygen atoms in total. The molecule has 1 aromatic rings. The summed E-state index contributed by atoms with van der Waals surface area (Å²) >= 11 is 0. The van der Waals surface area contributed by atoms with Crippen molar-refractivity contribution < 1.29 is 4.79 Å². The quantitative estimate of drug-likeness (QED) is 0.579. The number of nitrogens with zero attached hydrogens (tertiary/aromatic N) is 1. The molecule has 0 bridgehead atoms. The number of hydrogen-bond donors (Lipinski definition) is 1. The van der Waals surface area contributed by atoms with Gasteiger partial charge in [0.15, 0.2) is 0 Å². The van der Waals surface area contributed by atoms with E-state index in [-0.39, 0.29) is 5.91 Å². The maximum absolute atomic E-state index is 11.3. The van der Waals surface area contributed by atoms with Crippen LogP contribution in [0.2, 0.25) is 0 Å². The molecule has 1 amide bonds. The molecule has 0 radical (unpaired) electrons. The predicted octanol–water partition coefficient (Wildman–Crippen LogP) is 2.13. The summed E-state index contributed by atoms with van der Waals surface area (Å²) in [7, 11) is 0. The van der Waals surface area contributed by atoms with Crippen LogP contribution >= 0.6 is 0 Å². The molecule has 0 aliphatic rings. The van der Waals surface area contributed by atoms with Gasteiger partial charge in [-0.25, -0.2) is 5.43 Å². The smallest absolute Gasteiger partial charge is 0.240 e. The number of rotatable bonds is 5. The van der Waals surface area contributed by atoms with Gasteiger partial charge in [0.05, 0.1) is 0 Å². The summed E-state index contributed by atoms with van der Waals surface area (Å²) in [6, 6.07) is 9.95. The van der Waals surface area contributed by atoms with Crippen molar-refractivity contribution in [2.24, 2.45) is 5.10 Å². The maximum atomic E-state index is 11.3. The second-order valence-corrected chi connectivity index (χ2v) is 3.24. The Morgan fingerprint density at radius 2 is 2.13 bits per heavy atom. The van der Waals surface area contributed by atoms with Crippen LogP contribution in [-0.2, 0) is 11.2 Å². The fourth-order valence-electron chi connectivity index (χ4n) is 1.17. The third kappa shape index (κ3) is 4.96. The van der Waals surface area contributed by atoms with Gasteiger partial charge >= 0.3 is 0 Å². The summed E-state index contributed by atoms with van der Waals surface area (Å²) in [6.45, 7) is 1.97. The summed E-state index contributed by atoms with van der Waals surface area (Å²) in [4.78, 5) is 11.3. The highest BCUT2D eigenvalue weighted by Gasteiger charge is 1.99. The zero-order valence-corrected chi connectivity index (χ0v) is 8.94. The van der Waals surface area contributed by atoms with Gasteiger partial charge in [0.1, 0.15) is 0 Å². The number of carbonyl (C=O) groups is 1. The van der Waals surface area contributed by atoms with Crippen molar-refractivity contribution in [2.45, 2.75) is 26.2 Å². The molecule has 15 heavy (non-hydrogen) atoms. The van der Waals surface area contributed by atoms with Crippen LogP contribution in [0.3, 0.4) is 0 Å². The van der Waals surface area contributed by atoms with Crippen LogP contribution in [0, 0.1) is 0 Å². The monoisotopic (exact) mass is 204 g/mol. The van der Waals surface area contributed by atoms with Crippen LogP contribution in [0.25, 0.3) is 0 Å². The normalized spacial score (nSPS) is 10.5. The molecule has 1 aromatic carbocycles. The highest BCUT2D eigenvalue weighted by atomic mass is 16.2. The molecule has 0 aliphatic carbocycles. The van der Waals surface area contributed by atoms with Crippen LogP contribution < -0.4 is 5.43 Å². The van der Waals surface area contributed by atoms with Crippen molar-refractivity contribution >= 4 is 12.1 Å². The number of nitrogens with one attached hydrogen (secondary N) is 1. The van der Waals surface area contributed by atoms with E-state index in [9.17, 15) is 4.79 Å². The topological polar surface area (TPSA) is 41.5 Å². The summed E-state index contributed by atoms with van der Waals surface area (Å²) < 4.78 is 0. The molecule has 0 spiro atoms. The first kappa shape index (κ1) is 11.4. The molecule has 0 aliphatic heterocycles. The highest BCUT2D eigenvalue weighted by Crippen LogP contribution is 2.01. The molecule has 3 heteroatoms. The van der Waals surface area contributed by atoms with Gasteiger partial charge in [-0.3, -0.25) is 4.79 Å². The zero-order chi connectivity index (χ0) is 10.9. The molecule has 0 saturated heterocycles. The number of aryl methyl sites for hydroxylation is 1. The molecule has 0 aromatic heterocycles. The average Bonchev–Trinajstić information content (AvgIpc) is 2.28. The van der Waals surface area contributed by atoms with Gasteiger partial charge in [0.2, 0.25) is 5.91 Å². The summed E-state index contributed by atoms with van der Waals surface area (Å²) in [5.41, 5.74) is 3.66. The largest absolute Gasteiger partial charge is 0.273 e. The van der Waals surface area contributed by atoms with E-state index in [0.29, 0.717) is 6.42 Å². The van der Waals surface area contributed by atoms with Gasteiger partial charge in [-0.1, -0.05) is 37.3 Å².